The number of carbonyl (C=O) groups is 2. The molecule has 2 rings (SSSR count). The van der Waals surface area contributed by atoms with Crippen LogP contribution in [0.25, 0.3) is 0 Å². The quantitative estimate of drug-likeness (QED) is 0.358. The molecule has 2 heterocycles. The Kier molecular flexibility index (Phi) is 10.9. The van der Waals surface area contributed by atoms with Crippen LogP contribution in [0.3, 0.4) is 0 Å². The molecule has 0 atom stereocenters. The number of amides is 2. The van der Waals surface area contributed by atoms with Crippen LogP contribution in [-0.4, -0.2) is 46.4 Å². The number of pyridine rings is 2. The van der Waals surface area contributed by atoms with E-state index in [0.717, 1.165) is 22.5 Å². The van der Waals surface area contributed by atoms with Crippen LogP contribution in [0.4, 0.5) is 0 Å². The van der Waals surface area contributed by atoms with Crippen LogP contribution in [0, 0.1) is 50.4 Å². The number of thioether (sulfide) groups is 2. The smallest absolute Gasteiger partial charge is 0.220 e. The number of hydrogen-bond donors (Lipinski definition) is 2. The molecule has 10 heteroatoms. The summed E-state index contributed by atoms with van der Waals surface area (Å²) in [6.07, 6.45) is 0.581. The molecule has 0 aliphatic carbocycles. The first-order valence-electron chi connectivity index (χ1n) is 10.8. The Labute approximate surface area is 208 Å². The Morgan fingerprint density at radius 2 is 1.18 bits per heavy atom. The summed E-state index contributed by atoms with van der Waals surface area (Å²) in [4.78, 5) is 32.9. The van der Waals surface area contributed by atoms with Crippen molar-refractivity contribution in [1.29, 1.82) is 10.5 Å². The molecule has 2 amide bonds. The second kappa shape index (κ2) is 13.6. The first-order valence-corrected chi connectivity index (χ1v) is 12.8. The summed E-state index contributed by atoms with van der Waals surface area (Å²) in [7, 11) is 0. The topological polar surface area (TPSA) is 132 Å². The van der Waals surface area contributed by atoms with E-state index in [1.165, 1.54) is 23.5 Å². The maximum absolute atomic E-state index is 12.1. The second-order valence-corrected chi connectivity index (χ2v) is 9.81. The third-order valence-electron chi connectivity index (χ3n) is 4.75. The summed E-state index contributed by atoms with van der Waals surface area (Å²) in [6.45, 7) is 8.18. The minimum Gasteiger partial charge on any atom is -0.354 e. The van der Waals surface area contributed by atoms with E-state index in [2.05, 4.69) is 32.7 Å². The minimum absolute atomic E-state index is 0.120. The zero-order chi connectivity index (χ0) is 25.1. The average Bonchev–Trinajstić information content (AvgIpc) is 2.76. The van der Waals surface area contributed by atoms with E-state index < -0.39 is 0 Å². The molecule has 34 heavy (non-hydrogen) atoms. The third-order valence-corrected chi connectivity index (χ3v) is 6.71. The van der Waals surface area contributed by atoms with E-state index in [4.69, 9.17) is 0 Å². The van der Waals surface area contributed by atoms with E-state index in [9.17, 15) is 20.1 Å². The molecule has 0 aliphatic heterocycles. The van der Waals surface area contributed by atoms with Crippen LogP contribution in [0.5, 0.6) is 0 Å². The lowest BCUT2D eigenvalue weighted by atomic mass is 10.1. The SMILES string of the molecule is Cc1cc(C)c(C#N)c(SCCC(=O)NCCNC(=O)CCSc2nc(C)cc(C)c2C#N)n1. The Morgan fingerprint density at radius 1 is 0.794 bits per heavy atom. The van der Waals surface area contributed by atoms with Crippen molar-refractivity contribution in [2.75, 3.05) is 24.6 Å². The average molecular weight is 497 g/mol. The standard InChI is InChI=1S/C24H28N6O2S2/c1-15-11-17(3)29-23(19(15)13-25)33-9-5-21(31)27-7-8-28-22(32)6-10-34-24-20(14-26)16(2)12-18(4)30-24/h11-12H,5-10H2,1-4H3,(H,27,31)(H,28,32). The van der Waals surface area contributed by atoms with Crippen molar-refractivity contribution in [2.45, 2.75) is 50.6 Å². The van der Waals surface area contributed by atoms with Gasteiger partial charge < -0.3 is 10.6 Å². The summed E-state index contributed by atoms with van der Waals surface area (Å²) in [5.41, 5.74) is 4.54. The lowest BCUT2D eigenvalue weighted by molar-refractivity contribution is -0.122. The molecule has 0 aromatic carbocycles. The van der Waals surface area contributed by atoms with Crippen molar-refractivity contribution in [2.24, 2.45) is 0 Å². The zero-order valence-electron chi connectivity index (χ0n) is 19.8. The van der Waals surface area contributed by atoms with Gasteiger partial charge in [0.15, 0.2) is 0 Å². The number of hydrogen-bond acceptors (Lipinski definition) is 8. The van der Waals surface area contributed by atoms with Crippen LogP contribution >= 0.6 is 23.5 Å². The largest absolute Gasteiger partial charge is 0.354 e. The van der Waals surface area contributed by atoms with Crippen LogP contribution in [0.1, 0.15) is 46.5 Å². The van der Waals surface area contributed by atoms with Crippen molar-refractivity contribution in [3.63, 3.8) is 0 Å². The molecular weight excluding hydrogens is 468 g/mol. The maximum Gasteiger partial charge on any atom is 0.220 e. The highest BCUT2D eigenvalue weighted by molar-refractivity contribution is 7.99. The molecule has 8 nitrogen and oxygen atoms in total. The highest BCUT2D eigenvalue weighted by Gasteiger charge is 2.12. The minimum atomic E-state index is -0.120. The van der Waals surface area contributed by atoms with Gasteiger partial charge in [-0.05, 0) is 51.0 Å². The van der Waals surface area contributed by atoms with Crippen LogP contribution in [0.15, 0.2) is 22.2 Å². The fourth-order valence-corrected chi connectivity index (χ4v) is 5.23. The van der Waals surface area contributed by atoms with Gasteiger partial charge in [0.25, 0.3) is 0 Å². The third kappa shape index (κ3) is 8.36. The summed E-state index contributed by atoms with van der Waals surface area (Å²) in [5.74, 6) is 0.782. The molecule has 0 spiro atoms. The normalized spacial score (nSPS) is 10.3. The molecular formula is C24H28N6O2S2. The Balaban J connectivity index is 1.64. The van der Waals surface area contributed by atoms with Gasteiger partial charge in [-0.1, -0.05) is 0 Å². The monoisotopic (exact) mass is 496 g/mol. The van der Waals surface area contributed by atoms with E-state index in [-0.39, 0.29) is 11.8 Å². The molecule has 2 N–H and O–H groups in total. The van der Waals surface area contributed by atoms with Crippen molar-refractivity contribution in [3.05, 3.63) is 45.8 Å². The number of nitrogens with one attached hydrogen (secondary N) is 2. The van der Waals surface area contributed by atoms with E-state index >= 15 is 0 Å². The van der Waals surface area contributed by atoms with Crippen molar-refractivity contribution in [1.82, 2.24) is 20.6 Å². The number of nitrogens with zero attached hydrogens (tertiary/aromatic N) is 4. The van der Waals surface area contributed by atoms with Gasteiger partial charge in [-0.15, -0.1) is 23.5 Å². The van der Waals surface area contributed by atoms with Crippen molar-refractivity contribution < 1.29 is 9.59 Å². The number of aryl methyl sites for hydroxylation is 4. The Bertz CT molecular complexity index is 1050. The summed E-state index contributed by atoms with van der Waals surface area (Å²) < 4.78 is 0. The van der Waals surface area contributed by atoms with Gasteiger partial charge in [0, 0.05) is 48.8 Å². The summed E-state index contributed by atoms with van der Waals surface area (Å²) in [5, 5.41) is 25.5. The van der Waals surface area contributed by atoms with Gasteiger partial charge in [0.05, 0.1) is 11.1 Å². The highest BCUT2D eigenvalue weighted by Crippen LogP contribution is 2.25. The number of aromatic nitrogens is 2. The van der Waals surface area contributed by atoms with E-state index in [1.807, 2.05) is 39.8 Å². The van der Waals surface area contributed by atoms with E-state index in [1.54, 1.807) is 0 Å². The van der Waals surface area contributed by atoms with Gasteiger partial charge in [-0.3, -0.25) is 9.59 Å². The first-order chi connectivity index (χ1) is 16.2. The first kappa shape index (κ1) is 27.2. The van der Waals surface area contributed by atoms with Crippen LogP contribution in [0.2, 0.25) is 0 Å². The predicted octanol–water partition coefficient (Wildman–Crippen LogP) is 3.35. The lowest BCUT2D eigenvalue weighted by Crippen LogP contribution is -2.34. The lowest BCUT2D eigenvalue weighted by Gasteiger charge is -2.09. The Morgan fingerprint density at radius 3 is 1.53 bits per heavy atom. The van der Waals surface area contributed by atoms with Crippen LogP contribution in [-0.2, 0) is 9.59 Å². The van der Waals surface area contributed by atoms with Gasteiger partial charge in [-0.25, -0.2) is 9.97 Å². The molecule has 2 aromatic heterocycles. The molecule has 178 valence electrons. The van der Waals surface area contributed by atoms with Gasteiger partial charge in [0.1, 0.15) is 22.2 Å². The highest BCUT2D eigenvalue weighted by atomic mass is 32.2. The molecule has 0 saturated carbocycles. The number of nitriles is 2. The number of rotatable bonds is 11. The van der Waals surface area contributed by atoms with Gasteiger partial charge in [-0.2, -0.15) is 10.5 Å². The van der Waals surface area contributed by atoms with Gasteiger partial charge >= 0.3 is 0 Å². The fraction of sp³-hybridized carbons (Fsp3) is 0.417. The van der Waals surface area contributed by atoms with Gasteiger partial charge in [0.2, 0.25) is 11.8 Å². The molecule has 0 aliphatic rings. The molecule has 0 fully saturated rings. The number of carbonyl (C=O) groups excluding carboxylic acids is 2. The molecule has 0 saturated heterocycles. The molecule has 0 radical (unpaired) electrons. The van der Waals surface area contributed by atoms with E-state index in [0.29, 0.717) is 58.6 Å². The molecule has 0 unspecified atom stereocenters. The van der Waals surface area contributed by atoms with Crippen molar-refractivity contribution >= 4 is 35.3 Å². The second-order valence-electron chi connectivity index (χ2n) is 7.64. The zero-order valence-corrected chi connectivity index (χ0v) is 21.5. The Hall–Kier alpha value is -3.08. The van der Waals surface area contributed by atoms with Crippen molar-refractivity contribution in [3.8, 4) is 12.1 Å². The summed E-state index contributed by atoms with van der Waals surface area (Å²) in [6, 6.07) is 8.08. The summed E-state index contributed by atoms with van der Waals surface area (Å²) >= 11 is 2.78. The fourth-order valence-electron chi connectivity index (χ4n) is 3.15. The van der Waals surface area contributed by atoms with Crippen LogP contribution < -0.4 is 10.6 Å². The molecule has 0 bridgehead atoms. The maximum atomic E-state index is 12.1. The predicted molar refractivity (Wildman–Crippen MR) is 134 cm³/mol. The molecule has 2 aromatic rings.